The highest BCUT2D eigenvalue weighted by Gasteiger charge is 2.35. The number of ether oxygens (including phenoxy) is 4. The van der Waals surface area contributed by atoms with E-state index in [0.717, 1.165) is 51.4 Å². The molecule has 0 radical (unpaired) electrons. The minimum atomic E-state index is -1.32. The van der Waals surface area contributed by atoms with Crippen LogP contribution < -0.4 is 21.3 Å². The van der Waals surface area contributed by atoms with Crippen molar-refractivity contribution in [3.63, 3.8) is 0 Å². The van der Waals surface area contributed by atoms with E-state index in [9.17, 15) is 38.4 Å². The summed E-state index contributed by atoms with van der Waals surface area (Å²) in [5.41, 5.74) is 0. The predicted octanol–water partition coefficient (Wildman–Crippen LogP) is 3.99. The Balaban J connectivity index is 3.55. The molecule has 0 spiro atoms. The molecular formula is C40H68N4O12. The fourth-order valence-electron chi connectivity index (χ4n) is 5.72. The Labute approximate surface area is 332 Å². The maximum atomic E-state index is 13.4. The number of carbonyl (C=O) groups excluding carboxylic acids is 8. The van der Waals surface area contributed by atoms with Crippen LogP contribution in [-0.4, -0.2) is 96.1 Å². The van der Waals surface area contributed by atoms with Gasteiger partial charge in [0.1, 0.15) is 24.2 Å². The lowest BCUT2D eigenvalue weighted by molar-refractivity contribution is -0.165. The Bertz CT molecular complexity index is 1100. The first-order valence-corrected chi connectivity index (χ1v) is 20.6. The molecule has 1 aliphatic rings. The maximum Gasteiger partial charge on any atom is 0.329 e. The third-order valence-corrected chi connectivity index (χ3v) is 9.33. The number of esters is 4. The molecule has 1 saturated heterocycles. The van der Waals surface area contributed by atoms with Gasteiger partial charge in [-0.1, -0.05) is 79.1 Å². The van der Waals surface area contributed by atoms with Crippen molar-refractivity contribution in [3.05, 3.63) is 0 Å². The van der Waals surface area contributed by atoms with Crippen molar-refractivity contribution < 1.29 is 57.3 Å². The van der Waals surface area contributed by atoms with Crippen molar-refractivity contribution in [2.24, 2.45) is 0 Å². The molecule has 8 atom stereocenters. The van der Waals surface area contributed by atoms with E-state index in [4.69, 9.17) is 18.9 Å². The smallest absolute Gasteiger partial charge is 0.329 e. The van der Waals surface area contributed by atoms with Crippen molar-refractivity contribution in [1.82, 2.24) is 21.3 Å². The van der Waals surface area contributed by atoms with Gasteiger partial charge in [0.2, 0.25) is 0 Å². The first-order chi connectivity index (χ1) is 26.6. The first kappa shape index (κ1) is 49.8. The van der Waals surface area contributed by atoms with Crippen molar-refractivity contribution in [2.75, 3.05) is 0 Å². The molecule has 1 heterocycles. The highest BCUT2D eigenvalue weighted by Crippen LogP contribution is 2.15. The number of nitrogens with one attached hydrogen (secondary N) is 4. The Morgan fingerprint density at radius 3 is 0.679 bits per heavy atom. The van der Waals surface area contributed by atoms with Gasteiger partial charge in [0.15, 0.2) is 24.4 Å². The molecule has 16 nitrogen and oxygen atoms in total. The second-order valence-electron chi connectivity index (χ2n) is 14.6. The molecule has 0 bridgehead atoms. The van der Waals surface area contributed by atoms with Gasteiger partial charge in [-0.3, -0.25) is 19.2 Å². The van der Waals surface area contributed by atoms with Crippen LogP contribution in [0.2, 0.25) is 0 Å². The summed E-state index contributed by atoms with van der Waals surface area (Å²) in [6, 6.07) is -5.04. The highest BCUT2D eigenvalue weighted by atomic mass is 16.6. The lowest BCUT2D eigenvalue weighted by Crippen LogP contribution is -2.52. The molecular weight excluding hydrogens is 728 g/mol. The number of hydrogen-bond donors (Lipinski definition) is 4. The van der Waals surface area contributed by atoms with Gasteiger partial charge in [-0.15, -0.1) is 0 Å². The van der Waals surface area contributed by atoms with Crippen LogP contribution in [0.3, 0.4) is 0 Å². The molecule has 1 fully saturated rings. The molecule has 0 unspecified atom stereocenters. The van der Waals surface area contributed by atoms with E-state index in [0.29, 0.717) is 25.7 Å². The first-order valence-electron chi connectivity index (χ1n) is 20.6. The zero-order chi connectivity index (χ0) is 42.2. The molecule has 320 valence electrons. The number of carbonyl (C=O) groups is 8. The zero-order valence-electron chi connectivity index (χ0n) is 34.8. The molecule has 0 aromatic heterocycles. The van der Waals surface area contributed by atoms with Crippen LogP contribution in [0, 0.1) is 0 Å². The Hall–Kier alpha value is -4.24. The van der Waals surface area contributed by atoms with Crippen LogP contribution in [0.4, 0.5) is 0 Å². The van der Waals surface area contributed by atoms with Crippen LogP contribution in [0.15, 0.2) is 0 Å². The molecule has 56 heavy (non-hydrogen) atoms. The molecule has 4 N–H and O–H groups in total. The van der Waals surface area contributed by atoms with Gasteiger partial charge in [-0.25, -0.2) is 19.2 Å². The lowest BCUT2D eigenvalue weighted by Gasteiger charge is -2.26. The van der Waals surface area contributed by atoms with Crippen molar-refractivity contribution >= 4 is 47.5 Å². The summed E-state index contributed by atoms with van der Waals surface area (Å²) >= 11 is 0. The summed E-state index contributed by atoms with van der Waals surface area (Å²) in [7, 11) is 0. The normalized spacial score (nSPS) is 27.0. The van der Waals surface area contributed by atoms with E-state index in [1.54, 1.807) is 0 Å². The van der Waals surface area contributed by atoms with Gasteiger partial charge in [-0.2, -0.15) is 0 Å². The number of rotatable bonds is 16. The van der Waals surface area contributed by atoms with Gasteiger partial charge >= 0.3 is 23.9 Å². The zero-order valence-corrected chi connectivity index (χ0v) is 34.8. The minimum absolute atomic E-state index is 0.129. The number of cyclic esters (lactones) is 4. The van der Waals surface area contributed by atoms with Crippen LogP contribution in [0.1, 0.15) is 158 Å². The fourth-order valence-corrected chi connectivity index (χ4v) is 5.72. The molecule has 4 amide bonds. The summed E-state index contributed by atoms with van der Waals surface area (Å²) in [5.74, 6) is -6.79. The Morgan fingerprint density at radius 1 is 0.339 bits per heavy atom. The van der Waals surface area contributed by atoms with Gasteiger partial charge in [-0.05, 0) is 79.1 Å². The molecule has 1 aliphatic heterocycles. The van der Waals surface area contributed by atoms with Gasteiger partial charge in [0, 0.05) is 0 Å². The summed E-state index contributed by atoms with van der Waals surface area (Å²) in [6.07, 6.45) is 3.49. The number of amides is 4. The molecule has 16 heteroatoms. The monoisotopic (exact) mass is 796 g/mol. The lowest BCUT2D eigenvalue weighted by atomic mass is 10.1. The third kappa shape index (κ3) is 18.6. The minimum Gasteiger partial charge on any atom is -0.451 e. The van der Waals surface area contributed by atoms with Crippen molar-refractivity contribution in [1.29, 1.82) is 0 Å². The van der Waals surface area contributed by atoms with Gasteiger partial charge in [0.05, 0.1) is 0 Å². The highest BCUT2D eigenvalue weighted by molar-refractivity contribution is 5.94. The average Bonchev–Trinajstić information content (AvgIpc) is 3.15. The second-order valence-corrected chi connectivity index (χ2v) is 14.6. The Kier molecular flexibility index (Phi) is 24.3. The summed E-state index contributed by atoms with van der Waals surface area (Å²) < 4.78 is 22.3. The van der Waals surface area contributed by atoms with E-state index < -0.39 is 96.1 Å². The largest absolute Gasteiger partial charge is 0.451 e. The van der Waals surface area contributed by atoms with E-state index in [1.165, 1.54) is 27.7 Å². The van der Waals surface area contributed by atoms with Crippen molar-refractivity contribution in [2.45, 2.75) is 207 Å². The fraction of sp³-hybridized carbons (Fsp3) is 0.800. The van der Waals surface area contributed by atoms with Gasteiger partial charge in [0.25, 0.3) is 23.6 Å². The second kappa shape index (κ2) is 27.4. The van der Waals surface area contributed by atoms with E-state index >= 15 is 0 Å². The predicted molar refractivity (Wildman–Crippen MR) is 207 cm³/mol. The standard InChI is InChI=1S/C40H68N4O12/c1-9-13-17-21-29-33(45)41-26(6)38(50)54-31(23-19-15-11-3)35(47)43-28(8)40(52)56-32(24-20-16-12-4)36(48)44-27(7)39(51)55-30(22-18-14-10-2)34(46)42-25(5)37(49)53-29/h25-32H,9-24H2,1-8H3,(H,41,45)(H,42,46)(H,43,47)(H,44,48)/t25-,26-,27-,28-,29+,30+,31+,32+/m1/s1. The number of hydrogen-bond acceptors (Lipinski definition) is 12. The van der Waals surface area contributed by atoms with Crippen LogP contribution in [0.25, 0.3) is 0 Å². The quantitative estimate of drug-likeness (QED) is 0.0990. The molecule has 0 saturated carbocycles. The topological polar surface area (TPSA) is 222 Å². The molecule has 0 aromatic carbocycles. The molecule has 0 aliphatic carbocycles. The van der Waals surface area contributed by atoms with E-state index in [-0.39, 0.29) is 25.7 Å². The van der Waals surface area contributed by atoms with E-state index in [2.05, 4.69) is 21.3 Å². The maximum absolute atomic E-state index is 13.4. The Morgan fingerprint density at radius 2 is 0.518 bits per heavy atom. The SMILES string of the molecule is CCCCC[C@@H]1OC(=O)[C@@H](C)NC(=O)[C@H](CCCCC)OC(=O)[C@@H](C)NC(=O)[C@H](CCCCC)OC(=O)[C@@H](C)NC(=O)[C@H](CCCCC)OC(=O)[C@@H](C)NC1=O. The van der Waals surface area contributed by atoms with Crippen LogP contribution >= 0.6 is 0 Å². The number of unbranched alkanes of at least 4 members (excludes halogenated alkanes) is 8. The summed E-state index contributed by atoms with van der Waals surface area (Å²) in [6.45, 7) is 13.3. The third-order valence-electron chi connectivity index (χ3n) is 9.33. The molecule has 1 rings (SSSR count). The van der Waals surface area contributed by atoms with Crippen LogP contribution in [-0.2, 0) is 57.3 Å². The van der Waals surface area contributed by atoms with E-state index in [1.807, 2.05) is 27.7 Å². The van der Waals surface area contributed by atoms with Crippen LogP contribution in [0.5, 0.6) is 0 Å². The average molecular weight is 797 g/mol. The van der Waals surface area contributed by atoms with Crippen molar-refractivity contribution in [3.8, 4) is 0 Å². The van der Waals surface area contributed by atoms with Gasteiger partial charge < -0.3 is 40.2 Å². The summed E-state index contributed by atoms with van der Waals surface area (Å²) in [4.78, 5) is 107. The summed E-state index contributed by atoms with van der Waals surface area (Å²) in [5, 5.41) is 10.1. The molecule has 0 aromatic rings.